The van der Waals surface area contributed by atoms with Crippen LogP contribution >= 0.6 is 15.9 Å². The van der Waals surface area contributed by atoms with Gasteiger partial charge in [-0.05, 0) is 43.2 Å². The van der Waals surface area contributed by atoms with Gasteiger partial charge in [0.25, 0.3) is 5.91 Å². The second-order valence-corrected chi connectivity index (χ2v) is 5.74. The van der Waals surface area contributed by atoms with E-state index in [4.69, 9.17) is 5.73 Å². The van der Waals surface area contributed by atoms with Crippen LogP contribution in [0.1, 0.15) is 34.5 Å². The number of amides is 1. The molecule has 0 aliphatic heterocycles. The van der Waals surface area contributed by atoms with Crippen LogP contribution in [-0.4, -0.2) is 5.91 Å². The zero-order chi connectivity index (χ0) is 14.7. The average Bonchev–Trinajstić information content (AvgIpc) is 2.37. The van der Waals surface area contributed by atoms with Gasteiger partial charge in [-0.15, -0.1) is 0 Å². The van der Waals surface area contributed by atoms with E-state index in [2.05, 4.69) is 21.2 Å². The van der Waals surface area contributed by atoms with E-state index in [0.717, 1.165) is 15.6 Å². The summed E-state index contributed by atoms with van der Waals surface area (Å²) in [5, 5.41) is 2.99. The number of aryl methyl sites for hydroxylation is 1. The Labute approximate surface area is 127 Å². The maximum atomic E-state index is 12.3. The van der Waals surface area contributed by atoms with Crippen LogP contribution in [0.5, 0.6) is 0 Å². The normalized spacial score (nSPS) is 11.9. The Bertz CT molecular complexity index is 620. The Morgan fingerprint density at radius 3 is 2.60 bits per heavy atom. The van der Waals surface area contributed by atoms with Crippen molar-refractivity contribution in [3.8, 4) is 0 Å². The molecule has 0 spiro atoms. The lowest BCUT2D eigenvalue weighted by Crippen LogP contribution is -2.27. The van der Waals surface area contributed by atoms with E-state index in [1.807, 2.05) is 38.1 Å². The third-order valence-corrected chi connectivity index (χ3v) is 3.64. The van der Waals surface area contributed by atoms with Crippen LogP contribution < -0.4 is 11.1 Å². The van der Waals surface area contributed by atoms with Crippen molar-refractivity contribution in [2.75, 3.05) is 5.73 Å². The quantitative estimate of drug-likeness (QED) is 0.839. The number of nitrogens with one attached hydrogen (secondary N) is 1. The van der Waals surface area contributed by atoms with Gasteiger partial charge in [-0.25, -0.2) is 0 Å². The van der Waals surface area contributed by atoms with Crippen LogP contribution in [0.3, 0.4) is 0 Å². The largest absolute Gasteiger partial charge is 0.399 e. The molecule has 2 aromatic carbocycles. The van der Waals surface area contributed by atoms with Gasteiger partial charge in [0.2, 0.25) is 0 Å². The summed E-state index contributed by atoms with van der Waals surface area (Å²) in [5.74, 6) is -0.131. The summed E-state index contributed by atoms with van der Waals surface area (Å²) in [6.07, 6.45) is 0. The molecular weight excluding hydrogens is 316 g/mol. The maximum absolute atomic E-state index is 12.3. The summed E-state index contributed by atoms with van der Waals surface area (Å²) < 4.78 is 0.797. The highest BCUT2D eigenvalue weighted by Crippen LogP contribution is 2.20. The molecule has 0 saturated heterocycles. The van der Waals surface area contributed by atoms with Crippen LogP contribution in [0.15, 0.2) is 46.9 Å². The highest BCUT2D eigenvalue weighted by Gasteiger charge is 2.13. The number of carbonyl (C=O) groups excluding carboxylic acids is 1. The number of hydrogen-bond donors (Lipinski definition) is 2. The molecule has 104 valence electrons. The Kier molecular flexibility index (Phi) is 4.45. The van der Waals surface area contributed by atoms with E-state index >= 15 is 0 Å². The Balaban J connectivity index is 2.17. The highest BCUT2D eigenvalue weighted by atomic mass is 79.9. The van der Waals surface area contributed by atoms with Gasteiger partial charge in [0, 0.05) is 15.7 Å². The number of hydrogen-bond acceptors (Lipinski definition) is 2. The Morgan fingerprint density at radius 1 is 1.25 bits per heavy atom. The molecule has 0 fully saturated rings. The van der Waals surface area contributed by atoms with Crippen LogP contribution in [0.25, 0.3) is 0 Å². The van der Waals surface area contributed by atoms with Gasteiger partial charge in [0.05, 0.1) is 6.04 Å². The van der Waals surface area contributed by atoms with Gasteiger partial charge < -0.3 is 11.1 Å². The topological polar surface area (TPSA) is 55.1 Å². The van der Waals surface area contributed by atoms with Crippen LogP contribution in [0.2, 0.25) is 0 Å². The molecule has 4 heteroatoms. The fourth-order valence-electron chi connectivity index (χ4n) is 2.17. The minimum atomic E-state index is -0.131. The lowest BCUT2D eigenvalue weighted by molar-refractivity contribution is 0.0940. The summed E-state index contributed by atoms with van der Waals surface area (Å²) in [6, 6.07) is 13.2. The van der Waals surface area contributed by atoms with E-state index in [1.54, 1.807) is 18.2 Å². The lowest BCUT2D eigenvalue weighted by Gasteiger charge is -2.17. The first kappa shape index (κ1) is 14.6. The van der Waals surface area contributed by atoms with Crippen molar-refractivity contribution in [2.24, 2.45) is 0 Å². The van der Waals surface area contributed by atoms with Crippen molar-refractivity contribution in [3.63, 3.8) is 0 Å². The number of halogens is 1. The smallest absolute Gasteiger partial charge is 0.251 e. The SMILES string of the molecule is Cc1ccccc1[C@H](C)NC(=O)c1cc(N)cc(Br)c1. The fraction of sp³-hybridized carbons (Fsp3) is 0.188. The van der Waals surface area contributed by atoms with Crippen LogP contribution in [-0.2, 0) is 0 Å². The fourth-order valence-corrected chi connectivity index (χ4v) is 2.68. The molecule has 0 unspecified atom stereocenters. The van der Waals surface area contributed by atoms with Gasteiger partial charge in [-0.1, -0.05) is 40.2 Å². The monoisotopic (exact) mass is 332 g/mol. The molecule has 1 amide bonds. The van der Waals surface area contributed by atoms with E-state index in [-0.39, 0.29) is 11.9 Å². The number of anilines is 1. The Hall–Kier alpha value is -1.81. The molecule has 0 aliphatic carbocycles. The summed E-state index contributed by atoms with van der Waals surface area (Å²) in [7, 11) is 0. The molecule has 0 radical (unpaired) electrons. The van der Waals surface area contributed by atoms with Crippen molar-refractivity contribution in [1.29, 1.82) is 0 Å². The zero-order valence-corrected chi connectivity index (χ0v) is 13.1. The molecule has 2 rings (SSSR count). The third kappa shape index (κ3) is 3.39. The second-order valence-electron chi connectivity index (χ2n) is 4.82. The molecule has 0 aliphatic rings. The Morgan fingerprint density at radius 2 is 1.95 bits per heavy atom. The lowest BCUT2D eigenvalue weighted by atomic mass is 10.0. The number of nitrogen functional groups attached to an aromatic ring is 1. The van der Waals surface area contributed by atoms with Gasteiger partial charge in [0.15, 0.2) is 0 Å². The van der Waals surface area contributed by atoms with E-state index < -0.39 is 0 Å². The molecule has 0 heterocycles. The first-order chi connectivity index (χ1) is 9.47. The second kappa shape index (κ2) is 6.09. The summed E-state index contributed by atoms with van der Waals surface area (Å²) in [6.45, 7) is 4.01. The number of rotatable bonds is 3. The number of benzene rings is 2. The molecular formula is C16H17BrN2O. The average molecular weight is 333 g/mol. The van der Waals surface area contributed by atoms with Gasteiger partial charge >= 0.3 is 0 Å². The molecule has 3 N–H and O–H groups in total. The molecule has 0 aromatic heterocycles. The highest BCUT2D eigenvalue weighted by molar-refractivity contribution is 9.10. The third-order valence-electron chi connectivity index (χ3n) is 3.18. The standard InChI is InChI=1S/C16H17BrN2O/c1-10-5-3-4-6-15(10)11(2)19-16(20)12-7-13(17)9-14(18)8-12/h3-9,11H,18H2,1-2H3,(H,19,20)/t11-/m0/s1. The van der Waals surface area contributed by atoms with Crippen LogP contribution in [0.4, 0.5) is 5.69 Å². The maximum Gasteiger partial charge on any atom is 0.251 e. The number of carbonyl (C=O) groups is 1. The number of nitrogens with two attached hydrogens (primary N) is 1. The minimum Gasteiger partial charge on any atom is -0.399 e. The minimum absolute atomic E-state index is 0.0519. The summed E-state index contributed by atoms with van der Waals surface area (Å²) >= 11 is 3.34. The molecule has 0 bridgehead atoms. The summed E-state index contributed by atoms with van der Waals surface area (Å²) in [5.41, 5.74) is 9.15. The first-order valence-corrected chi connectivity index (χ1v) is 7.19. The van der Waals surface area contributed by atoms with E-state index in [0.29, 0.717) is 11.3 Å². The van der Waals surface area contributed by atoms with Gasteiger partial charge in [0.1, 0.15) is 0 Å². The molecule has 1 atom stereocenters. The molecule has 20 heavy (non-hydrogen) atoms. The molecule has 0 saturated carbocycles. The van der Waals surface area contributed by atoms with Crippen molar-refractivity contribution in [2.45, 2.75) is 19.9 Å². The molecule has 3 nitrogen and oxygen atoms in total. The van der Waals surface area contributed by atoms with Crippen molar-refractivity contribution in [3.05, 3.63) is 63.6 Å². The van der Waals surface area contributed by atoms with Gasteiger partial charge in [-0.2, -0.15) is 0 Å². The van der Waals surface area contributed by atoms with Crippen molar-refractivity contribution < 1.29 is 4.79 Å². The van der Waals surface area contributed by atoms with Crippen molar-refractivity contribution >= 4 is 27.5 Å². The molecule has 2 aromatic rings. The predicted octanol–water partition coefficient (Wildman–Crippen LogP) is 3.83. The summed E-state index contributed by atoms with van der Waals surface area (Å²) in [4.78, 5) is 12.3. The van der Waals surface area contributed by atoms with E-state index in [1.165, 1.54) is 0 Å². The van der Waals surface area contributed by atoms with Crippen LogP contribution in [0, 0.1) is 6.92 Å². The van der Waals surface area contributed by atoms with E-state index in [9.17, 15) is 4.79 Å². The first-order valence-electron chi connectivity index (χ1n) is 6.40. The van der Waals surface area contributed by atoms with Crippen molar-refractivity contribution in [1.82, 2.24) is 5.32 Å². The van der Waals surface area contributed by atoms with Gasteiger partial charge in [-0.3, -0.25) is 4.79 Å². The predicted molar refractivity (Wildman–Crippen MR) is 85.6 cm³/mol. The zero-order valence-electron chi connectivity index (χ0n) is 11.5.